The zero-order chi connectivity index (χ0) is 18.9. The lowest BCUT2D eigenvalue weighted by Crippen LogP contribution is -2.28. The number of hydrogen-bond donors (Lipinski definition) is 0. The van der Waals surface area contributed by atoms with E-state index >= 15 is 0 Å². The molecular weight excluding hydrogens is 398 g/mol. The smallest absolute Gasteiger partial charge is 0.305 e. The van der Waals surface area contributed by atoms with Gasteiger partial charge in [0, 0.05) is 25.6 Å². The number of benzene rings is 2. The van der Waals surface area contributed by atoms with E-state index in [1.165, 1.54) is 7.11 Å². The number of methoxy groups -OCH3 is 1. The molecule has 0 saturated carbocycles. The van der Waals surface area contributed by atoms with Crippen molar-refractivity contribution in [3.05, 3.63) is 64.1 Å². The standard InChI is InChI=1S/C20H22BrNO4/c1-22(13-5-8-19(23)25-2)20(24)16-11-9-15(10-12-16)14-26-18-7-4-3-6-17(18)21/h3-4,6-7,9-12H,5,8,13-14H2,1-2H3. The summed E-state index contributed by atoms with van der Waals surface area (Å²) in [5, 5.41) is 0. The van der Waals surface area contributed by atoms with E-state index in [9.17, 15) is 9.59 Å². The highest BCUT2D eigenvalue weighted by Gasteiger charge is 2.12. The van der Waals surface area contributed by atoms with Crippen molar-refractivity contribution in [2.24, 2.45) is 0 Å². The van der Waals surface area contributed by atoms with Crippen molar-refractivity contribution in [1.82, 2.24) is 4.90 Å². The Morgan fingerprint density at radius 1 is 1.08 bits per heavy atom. The Hall–Kier alpha value is -2.34. The lowest BCUT2D eigenvalue weighted by atomic mass is 10.1. The van der Waals surface area contributed by atoms with E-state index in [1.54, 1.807) is 24.1 Å². The van der Waals surface area contributed by atoms with Gasteiger partial charge in [-0.15, -0.1) is 0 Å². The van der Waals surface area contributed by atoms with Gasteiger partial charge in [0.05, 0.1) is 11.6 Å². The van der Waals surface area contributed by atoms with Crippen LogP contribution in [0.1, 0.15) is 28.8 Å². The van der Waals surface area contributed by atoms with Gasteiger partial charge in [-0.3, -0.25) is 9.59 Å². The maximum atomic E-state index is 12.4. The molecule has 26 heavy (non-hydrogen) atoms. The Labute approximate surface area is 162 Å². The number of nitrogens with zero attached hydrogens (tertiary/aromatic N) is 1. The Morgan fingerprint density at radius 3 is 2.42 bits per heavy atom. The molecule has 0 aliphatic rings. The maximum absolute atomic E-state index is 12.4. The summed E-state index contributed by atoms with van der Waals surface area (Å²) < 4.78 is 11.3. The fourth-order valence-electron chi connectivity index (χ4n) is 2.35. The van der Waals surface area contributed by atoms with E-state index in [0.717, 1.165) is 15.8 Å². The molecule has 2 rings (SSSR count). The number of rotatable bonds is 8. The summed E-state index contributed by atoms with van der Waals surface area (Å²) in [6, 6.07) is 15.0. The molecule has 0 saturated heterocycles. The van der Waals surface area contributed by atoms with Gasteiger partial charge in [0.1, 0.15) is 12.4 Å². The van der Waals surface area contributed by atoms with Crippen LogP contribution < -0.4 is 4.74 Å². The minimum absolute atomic E-state index is 0.0758. The van der Waals surface area contributed by atoms with Crippen LogP contribution in [0.2, 0.25) is 0 Å². The molecular formula is C20H22BrNO4. The van der Waals surface area contributed by atoms with Crippen LogP contribution in [-0.2, 0) is 16.1 Å². The minimum atomic E-state index is -0.264. The molecule has 0 atom stereocenters. The molecule has 1 amide bonds. The summed E-state index contributed by atoms with van der Waals surface area (Å²) in [4.78, 5) is 25.1. The van der Waals surface area contributed by atoms with E-state index < -0.39 is 0 Å². The SMILES string of the molecule is COC(=O)CCCN(C)C(=O)c1ccc(COc2ccccc2Br)cc1. The van der Waals surface area contributed by atoms with Crippen molar-refractivity contribution in [3.63, 3.8) is 0 Å². The molecule has 0 aliphatic carbocycles. The number of hydrogen-bond acceptors (Lipinski definition) is 4. The number of ether oxygens (including phenoxy) is 2. The van der Waals surface area contributed by atoms with Crippen LogP contribution in [0.4, 0.5) is 0 Å². The first-order chi connectivity index (χ1) is 12.5. The maximum Gasteiger partial charge on any atom is 0.305 e. The van der Waals surface area contributed by atoms with E-state index in [4.69, 9.17) is 4.74 Å². The van der Waals surface area contributed by atoms with Crippen LogP contribution in [0.15, 0.2) is 53.0 Å². The van der Waals surface area contributed by atoms with Crippen molar-refractivity contribution in [3.8, 4) is 5.75 Å². The number of carbonyl (C=O) groups excluding carboxylic acids is 2. The van der Waals surface area contributed by atoms with Gasteiger partial charge in [0.15, 0.2) is 0 Å². The number of para-hydroxylation sites is 1. The second-order valence-electron chi connectivity index (χ2n) is 5.82. The first kappa shape index (κ1) is 20.0. The van der Waals surface area contributed by atoms with Gasteiger partial charge in [0.25, 0.3) is 5.91 Å². The van der Waals surface area contributed by atoms with Crippen LogP contribution in [0.5, 0.6) is 5.75 Å². The summed E-state index contributed by atoms with van der Waals surface area (Å²) >= 11 is 3.45. The normalized spacial score (nSPS) is 10.3. The molecule has 0 fully saturated rings. The largest absolute Gasteiger partial charge is 0.488 e. The van der Waals surface area contributed by atoms with Crippen molar-refractivity contribution >= 4 is 27.8 Å². The summed E-state index contributed by atoms with van der Waals surface area (Å²) in [5.41, 5.74) is 1.58. The van der Waals surface area contributed by atoms with Gasteiger partial charge in [-0.25, -0.2) is 0 Å². The van der Waals surface area contributed by atoms with E-state index in [1.807, 2.05) is 36.4 Å². The van der Waals surface area contributed by atoms with Crippen LogP contribution >= 0.6 is 15.9 Å². The summed E-state index contributed by atoms with van der Waals surface area (Å²) in [6.07, 6.45) is 0.881. The predicted molar refractivity (Wildman–Crippen MR) is 103 cm³/mol. The Balaban J connectivity index is 1.86. The highest BCUT2D eigenvalue weighted by atomic mass is 79.9. The third-order valence-electron chi connectivity index (χ3n) is 3.88. The molecule has 0 unspecified atom stereocenters. The quantitative estimate of drug-likeness (QED) is 0.605. The molecule has 2 aromatic carbocycles. The second kappa shape index (κ2) is 9.97. The first-order valence-electron chi connectivity index (χ1n) is 8.30. The van der Waals surface area contributed by atoms with E-state index in [2.05, 4.69) is 20.7 Å². The van der Waals surface area contributed by atoms with Crippen molar-refractivity contribution < 1.29 is 19.1 Å². The molecule has 0 bridgehead atoms. The van der Waals surface area contributed by atoms with Gasteiger partial charge < -0.3 is 14.4 Å². The number of halogens is 1. The highest BCUT2D eigenvalue weighted by Crippen LogP contribution is 2.24. The molecule has 0 aromatic heterocycles. The fourth-order valence-corrected chi connectivity index (χ4v) is 2.75. The van der Waals surface area contributed by atoms with Crippen molar-refractivity contribution in [2.45, 2.75) is 19.4 Å². The molecule has 5 nitrogen and oxygen atoms in total. The number of carbonyl (C=O) groups is 2. The third kappa shape index (κ3) is 5.88. The molecule has 6 heteroatoms. The lowest BCUT2D eigenvalue weighted by Gasteiger charge is -2.17. The van der Waals surface area contributed by atoms with Gasteiger partial charge in [-0.1, -0.05) is 24.3 Å². The summed E-state index contributed by atoms with van der Waals surface area (Å²) in [7, 11) is 3.09. The molecule has 0 N–H and O–H groups in total. The molecule has 2 aromatic rings. The third-order valence-corrected chi connectivity index (χ3v) is 4.54. The average molecular weight is 420 g/mol. The minimum Gasteiger partial charge on any atom is -0.488 e. The van der Waals surface area contributed by atoms with E-state index in [-0.39, 0.29) is 11.9 Å². The monoisotopic (exact) mass is 419 g/mol. The van der Waals surface area contributed by atoms with Gasteiger partial charge >= 0.3 is 5.97 Å². The van der Waals surface area contributed by atoms with Gasteiger partial charge in [-0.05, 0) is 52.2 Å². The molecule has 0 radical (unpaired) electrons. The summed E-state index contributed by atoms with van der Waals surface area (Å²) in [5.74, 6) is 0.436. The molecule has 0 heterocycles. The zero-order valence-electron chi connectivity index (χ0n) is 14.9. The van der Waals surface area contributed by atoms with E-state index in [0.29, 0.717) is 31.6 Å². The van der Waals surface area contributed by atoms with Crippen molar-refractivity contribution in [2.75, 3.05) is 20.7 Å². The van der Waals surface area contributed by atoms with Crippen LogP contribution in [0, 0.1) is 0 Å². The molecule has 0 spiro atoms. The van der Waals surface area contributed by atoms with Gasteiger partial charge in [-0.2, -0.15) is 0 Å². The lowest BCUT2D eigenvalue weighted by molar-refractivity contribution is -0.140. The zero-order valence-corrected chi connectivity index (χ0v) is 16.5. The van der Waals surface area contributed by atoms with Gasteiger partial charge in [0.2, 0.25) is 0 Å². The number of amides is 1. The fraction of sp³-hybridized carbons (Fsp3) is 0.300. The van der Waals surface area contributed by atoms with Crippen LogP contribution in [-0.4, -0.2) is 37.5 Å². The average Bonchev–Trinajstić information content (AvgIpc) is 2.67. The summed E-state index contributed by atoms with van der Waals surface area (Å²) in [6.45, 7) is 0.923. The first-order valence-corrected chi connectivity index (χ1v) is 9.09. The Kier molecular flexibility index (Phi) is 7.66. The Morgan fingerprint density at radius 2 is 1.77 bits per heavy atom. The molecule has 138 valence electrons. The van der Waals surface area contributed by atoms with Crippen LogP contribution in [0.25, 0.3) is 0 Å². The Bertz CT molecular complexity index is 746. The number of esters is 1. The van der Waals surface area contributed by atoms with Crippen LogP contribution in [0.3, 0.4) is 0 Å². The second-order valence-corrected chi connectivity index (χ2v) is 6.68. The molecule has 0 aliphatic heterocycles. The topological polar surface area (TPSA) is 55.8 Å². The predicted octanol–water partition coefficient (Wildman–Crippen LogP) is 4.05. The van der Waals surface area contributed by atoms with Crippen molar-refractivity contribution in [1.29, 1.82) is 0 Å². The highest BCUT2D eigenvalue weighted by molar-refractivity contribution is 9.10.